The number of aromatic nitrogens is 2. The van der Waals surface area contributed by atoms with E-state index in [-0.39, 0.29) is 0 Å². The normalized spacial score (nSPS) is 11.1. The third-order valence-electron chi connectivity index (χ3n) is 4.25. The number of nitrogens with zero attached hydrogens (tertiary/aromatic N) is 2. The van der Waals surface area contributed by atoms with Crippen LogP contribution in [0.15, 0.2) is 72.8 Å². The number of rotatable bonds is 5. The van der Waals surface area contributed by atoms with Crippen LogP contribution in [0.3, 0.4) is 0 Å². The zero-order chi connectivity index (χ0) is 18.1. The van der Waals surface area contributed by atoms with Crippen LogP contribution in [0.2, 0.25) is 0 Å². The quantitative estimate of drug-likeness (QED) is 0.360. The van der Waals surface area contributed by atoms with Crippen molar-refractivity contribution >= 4 is 53.9 Å². The van der Waals surface area contributed by atoms with Gasteiger partial charge in [0.25, 0.3) is 0 Å². The second-order valence-corrected chi connectivity index (χ2v) is 8.14. The standard InChI is InChI=1S/C21H16N4S2/c1-3-7-18-16(5-1)24-20(26-18)14-9-11-15(12-10-14)22-13-23-21-25-17-6-2-4-8-19(17)27-21/h1-12,22H,13H2,(H,23,25). The zero-order valence-corrected chi connectivity index (χ0v) is 16.0. The molecule has 0 unspecified atom stereocenters. The van der Waals surface area contributed by atoms with E-state index in [9.17, 15) is 0 Å². The summed E-state index contributed by atoms with van der Waals surface area (Å²) in [4.78, 5) is 9.29. The molecule has 2 N–H and O–H groups in total. The highest BCUT2D eigenvalue weighted by atomic mass is 32.1. The van der Waals surface area contributed by atoms with Gasteiger partial charge in [0.1, 0.15) is 5.01 Å². The lowest BCUT2D eigenvalue weighted by molar-refractivity contribution is 1.20. The topological polar surface area (TPSA) is 49.8 Å². The summed E-state index contributed by atoms with van der Waals surface area (Å²) in [6, 6.07) is 24.8. The van der Waals surface area contributed by atoms with Crippen LogP contribution in [0.25, 0.3) is 31.0 Å². The van der Waals surface area contributed by atoms with Crippen molar-refractivity contribution in [3.8, 4) is 10.6 Å². The minimum Gasteiger partial charge on any atom is -0.368 e. The molecule has 0 amide bonds. The summed E-state index contributed by atoms with van der Waals surface area (Å²) in [6.07, 6.45) is 0. The Kier molecular flexibility index (Phi) is 4.20. The summed E-state index contributed by atoms with van der Waals surface area (Å²) >= 11 is 3.39. The van der Waals surface area contributed by atoms with Gasteiger partial charge in [0.2, 0.25) is 0 Å². The molecule has 132 valence electrons. The molecule has 0 aliphatic heterocycles. The van der Waals surface area contributed by atoms with E-state index in [0.717, 1.165) is 32.4 Å². The lowest BCUT2D eigenvalue weighted by atomic mass is 10.2. The molecule has 0 saturated carbocycles. The van der Waals surface area contributed by atoms with Crippen LogP contribution in [0.4, 0.5) is 10.8 Å². The van der Waals surface area contributed by atoms with Gasteiger partial charge >= 0.3 is 0 Å². The Hall–Kier alpha value is -2.96. The number of benzene rings is 3. The van der Waals surface area contributed by atoms with Crippen molar-refractivity contribution in [3.63, 3.8) is 0 Å². The summed E-state index contributed by atoms with van der Waals surface area (Å²) < 4.78 is 2.41. The first-order valence-electron chi connectivity index (χ1n) is 8.64. The fraction of sp³-hybridized carbons (Fsp3) is 0.0476. The van der Waals surface area contributed by atoms with Crippen LogP contribution in [0.1, 0.15) is 0 Å². The average molecular weight is 389 g/mol. The van der Waals surface area contributed by atoms with Gasteiger partial charge in [-0.15, -0.1) is 11.3 Å². The average Bonchev–Trinajstić information content (AvgIpc) is 3.32. The number of para-hydroxylation sites is 2. The summed E-state index contributed by atoms with van der Waals surface area (Å²) in [5.74, 6) is 0. The van der Waals surface area contributed by atoms with Crippen molar-refractivity contribution in [3.05, 3.63) is 72.8 Å². The fourth-order valence-electron chi connectivity index (χ4n) is 2.90. The molecule has 0 saturated heterocycles. The van der Waals surface area contributed by atoms with E-state index in [1.807, 2.05) is 24.3 Å². The highest BCUT2D eigenvalue weighted by Gasteiger charge is 2.06. The number of nitrogens with one attached hydrogen (secondary N) is 2. The molecule has 0 atom stereocenters. The Balaban J connectivity index is 1.25. The minimum absolute atomic E-state index is 0.625. The monoisotopic (exact) mass is 388 g/mol. The SMILES string of the molecule is c1ccc2sc(NCNc3ccc(-c4nc5ccccc5s4)cc3)nc2c1. The van der Waals surface area contributed by atoms with Crippen molar-refractivity contribution in [2.45, 2.75) is 0 Å². The maximum absolute atomic E-state index is 4.71. The van der Waals surface area contributed by atoms with Gasteiger partial charge in [0.15, 0.2) is 5.13 Å². The predicted octanol–water partition coefficient (Wildman–Crippen LogP) is 6.05. The van der Waals surface area contributed by atoms with Crippen LogP contribution in [0.5, 0.6) is 0 Å². The van der Waals surface area contributed by atoms with Crippen molar-refractivity contribution in [1.82, 2.24) is 9.97 Å². The Morgan fingerprint density at radius 2 is 1.33 bits per heavy atom. The molecular weight excluding hydrogens is 372 g/mol. The van der Waals surface area contributed by atoms with Gasteiger partial charge in [0, 0.05) is 11.3 Å². The minimum atomic E-state index is 0.625. The zero-order valence-electron chi connectivity index (χ0n) is 14.3. The molecule has 6 heteroatoms. The molecule has 27 heavy (non-hydrogen) atoms. The van der Waals surface area contributed by atoms with Gasteiger partial charge in [-0.3, -0.25) is 0 Å². The number of hydrogen-bond donors (Lipinski definition) is 2. The van der Waals surface area contributed by atoms with Crippen LogP contribution in [-0.4, -0.2) is 16.6 Å². The Bertz CT molecular complexity index is 1140. The third-order valence-corrected chi connectivity index (χ3v) is 6.33. The van der Waals surface area contributed by atoms with Crippen LogP contribution >= 0.6 is 22.7 Å². The molecule has 0 aliphatic rings. The van der Waals surface area contributed by atoms with E-state index >= 15 is 0 Å². The highest BCUT2D eigenvalue weighted by Crippen LogP contribution is 2.30. The number of anilines is 2. The summed E-state index contributed by atoms with van der Waals surface area (Å²) in [6.45, 7) is 0.625. The lowest BCUT2D eigenvalue weighted by Crippen LogP contribution is -2.11. The van der Waals surface area contributed by atoms with Crippen LogP contribution < -0.4 is 10.6 Å². The van der Waals surface area contributed by atoms with Crippen LogP contribution in [-0.2, 0) is 0 Å². The Morgan fingerprint density at radius 1 is 0.667 bits per heavy atom. The predicted molar refractivity (Wildman–Crippen MR) is 117 cm³/mol. The van der Waals surface area contributed by atoms with E-state index in [2.05, 4.69) is 64.1 Å². The van der Waals surface area contributed by atoms with Gasteiger partial charge in [-0.2, -0.15) is 0 Å². The summed E-state index contributed by atoms with van der Waals surface area (Å²) in [5.41, 5.74) is 4.29. The molecule has 4 nitrogen and oxygen atoms in total. The van der Waals surface area contributed by atoms with Gasteiger partial charge in [-0.05, 0) is 48.5 Å². The lowest BCUT2D eigenvalue weighted by Gasteiger charge is -2.07. The molecule has 2 heterocycles. The van der Waals surface area contributed by atoms with Crippen molar-refractivity contribution in [2.75, 3.05) is 17.3 Å². The van der Waals surface area contributed by atoms with E-state index < -0.39 is 0 Å². The van der Waals surface area contributed by atoms with E-state index in [4.69, 9.17) is 4.98 Å². The summed E-state index contributed by atoms with van der Waals surface area (Å²) in [7, 11) is 0. The molecule has 5 aromatic rings. The Morgan fingerprint density at radius 3 is 2.04 bits per heavy atom. The van der Waals surface area contributed by atoms with E-state index in [0.29, 0.717) is 6.67 Å². The van der Waals surface area contributed by atoms with Crippen molar-refractivity contribution in [1.29, 1.82) is 0 Å². The largest absolute Gasteiger partial charge is 0.368 e. The highest BCUT2D eigenvalue weighted by molar-refractivity contribution is 7.22. The van der Waals surface area contributed by atoms with Crippen molar-refractivity contribution < 1.29 is 0 Å². The molecule has 0 bridgehead atoms. The van der Waals surface area contributed by atoms with E-state index in [1.165, 1.54) is 9.40 Å². The Labute approximate surface area is 164 Å². The number of fused-ring (bicyclic) bond motifs is 2. The summed E-state index contributed by atoms with van der Waals surface area (Å²) in [5, 5.41) is 8.69. The molecular formula is C21H16N4S2. The first-order chi connectivity index (χ1) is 13.3. The van der Waals surface area contributed by atoms with Gasteiger partial charge in [-0.25, -0.2) is 9.97 Å². The molecule has 2 aromatic heterocycles. The first kappa shape index (κ1) is 16.2. The van der Waals surface area contributed by atoms with E-state index in [1.54, 1.807) is 22.7 Å². The maximum Gasteiger partial charge on any atom is 0.185 e. The molecule has 0 spiro atoms. The second-order valence-electron chi connectivity index (χ2n) is 6.08. The van der Waals surface area contributed by atoms with Crippen molar-refractivity contribution in [2.24, 2.45) is 0 Å². The molecule has 0 fully saturated rings. The number of thiazole rings is 2. The maximum atomic E-state index is 4.71. The third kappa shape index (κ3) is 3.37. The molecule has 5 rings (SSSR count). The number of hydrogen-bond acceptors (Lipinski definition) is 6. The molecule has 0 aliphatic carbocycles. The second kappa shape index (κ2) is 6.98. The van der Waals surface area contributed by atoms with Gasteiger partial charge in [-0.1, -0.05) is 35.6 Å². The smallest absolute Gasteiger partial charge is 0.185 e. The first-order valence-corrected chi connectivity index (χ1v) is 10.3. The van der Waals surface area contributed by atoms with Crippen LogP contribution in [0, 0.1) is 0 Å². The fourth-order valence-corrected chi connectivity index (χ4v) is 4.73. The molecule has 0 radical (unpaired) electrons. The molecule has 3 aromatic carbocycles. The van der Waals surface area contributed by atoms with Gasteiger partial charge < -0.3 is 10.6 Å². The van der Waals surface area contributed by atoms with Gasteiger partial charge in [0.05, 0.1) is 27.1 Å².